The minimum Gasteiger partial charge on any atom is -0.485 e. The molecular weight excluding hydrogens is 294 g/mol. The highest BCUT2D eigenvalue weighted by atomic mass is 16.6. The Hall–Kier alpha value is -3.21. The van der Waals surface area contributed by atoms with Crippen LogP contribution in [0.4, 0.5) is 5.69 Å². The van der Waals surface area contributed by atoms with E-state index in [1.54, 1.807) is 6.07 Å². The van der Waals surface area contributed by atoms with Crippen LogP contribution < -0.4 is 4.74 Å². The van der Waals surface area contributed by atoms with Crippen molar-refractivity contribution in [1.29, 1.82) is 0 Å². The van der Waals surface area contributed by atoms with E-state index in [1.807, 2.05) is 36.4 Å². The van der Waals surface area contributed by atoms with E-state index in [-0.39, 0.29) is 18.1 Å². The third-order valence-corrected chi connectivity index (χ3v) is 3.49. The van der Waals surface area contributed by atoms with Crippen LogP contribution in [0.5, 0.6) is 5.75 Å². The molecule has 114 valence electrons. The molecule has 0 bridgehead atoms. The molecular formula is C18H13NO4. The number of non-ortho nitro benzene ring substituents is 1. The summed E-state index contributed by atoms with van der Waals surface area (Å²) in [6, 6.07) is 18.9. The summed E-state index contributed by atoms with van der Waals surface area (Å²) in [7, 11) is 0. The molecule has 0 amide bonds. The first kappa shape index (κ1) is 14.7. The minimum absolute atomic E-state index is 0.0156. The van der Waals surface area contributed by atoms with Gasteiger partial charge in [-0.05, 0) is 29.0 Å². The molecule has 5 nitrogen and oxygen atoms in total. The fraction of sp³-hybridized carbons (Fsp3) is 0.0556. The summed E-state index contributed by atoms with van der Waals surface area (Å²) in [5, 5.41) is 12.6. The van der Waals surface area contributed by atoms with Gasteiger partial charge in [0.15, 0.2) is 12.4 Å². The Labute approximate surface area is 132 Å². The average molecular weight is 307 g/mol. The van der Waals surface area contributed by atoms with Gasteiger partial charge in [0.2, 0.25) is 0 Å². The topological polar surface area (TPSA) is 69.4 Å². The van der Waals surface area contributed by atoms with Crippen molar-refractivity contribution in [2.45, 2.75) is 0 Å². The Morgan fingerprint density at radius 2 is 1.65 bits per heavy atom. The second-order valence-electron chi connectivity index (χ2n) is 5.02. The van der Waals surface area contributed by atoms with Crippen LogP contribution in [-0.2, 0) is 0 Å². The summed E-state index contributed by atoms with van der Waals surface area (Å²) in [6.07, 6.45) is 0. The second kappa shape index (κ2) is 6.27. The molecule has 3 aromatic rings. The summed E-state index contributed by atoms with van der Waals surface area (Å²) in [4.78, 5) is 22.3. The van der Waals surface area contributed by atoms with Gasteiger partial charge in [-0.15, -0.1) is 0 Å². The van der Waals surface area contributed by atoms with Gasteiger partial charge in [0.25, 0.3) is 5.69 Å². The van der Waals surface area contributed by atoms with Crippen molar-refractivity contribution in [2.75, 3.05) is 6.61 Å². The van der Waals surface area contributed by atoms with Crippen LogP contribution in [0, 0.1) is 10.1 Å². The van der Waals surface area contributed by atoms with E-state index >= 15 is 0 Å². The number of benzene rings is 3. The molecule has 0 radical (unpaired) electrons. The highest BCUT2D eigenvalue weighted by molar-refractivity contribution is 6.00. The van der Waals surface area contributed by atoms with Crippen LogP contribution >= 0.6 is 0 Å². The van der Waals surface area contributed by atoms with E-state index in [2.05, 4.69) is 0 Å². The van der Waals surface area contributed by atoms with Gasteiger partial charge in [-0.25, -0.2) is 0 Å². The monoisotopic (exact) mass is 307 g/mol. The standard InChI is InChI=1S/C18H13NO4/c20-18(12-23-17-9-7-16(8-10-17)19(21)22)15-6-5-13-3-1-2-4-14(13)11-15/h1-11H,12H2. The van der Waals surface area contributed by atoms with E-state index in [1.165, 1.54) is 24.3 Å². The van der Waals surface area contributed by atoms with Gasteiger partial charge in [0.05, 0.1) is 4.92 Å². The lowest BCUT2D eigenvalue weighted by molar-refractivity contribution is -0.384. The summed E-state index contributed by atoms with van der Waals surface area (Å²) >= 11 is 0. The molecule has 0 aromatic heterocycles. The molecule has 0 aliphatic heterocycles. The number of nitro groups is 1. The highest BCUT2D eigenvalue weighted by Crippen LogP contribution is 2.19. The number of ether oxygens (including phenoxy) is 1. The molecule has 0 saturated heterocycles. The lowest BCUT2D eigenvalue weighted by atomic mass is 10.0. The molecule has 0 heterocycles. The molecule has 5 heteroatoms. The quantitative estimate of drug-likeness (QED) is 0.406. The summed E-state index contributed by atoms with van der Waals surface area (Å²) in [5.74, 6) is 0.277. The Kier molecular flexibility index (Phi) is 4.01. The first-order valence-electron chi connectivity index (χ1n) is 7.03. The first-order chi connectivity index (χ1) is 11.1. The Morgan fingerprint density at radius 1 is 0.957 bits per heavy atom. The van der Waals surface area contributed by atoms with Gasteiger partial charge in [-0.1, -0.05) is 36.4 Å². The molecule has 3 rings (SSSR count). The number of hydrogen-bond donors (Lipinski definition) is 0. The smallest absolute Gasteiger partial charge is 0.269 e. The largest absolute Gasteiger partial charge is 0.485 e. The molecule has 0 spiro atoms. The third-order valence-electron chi connectivity index (χ3n) is 3.49. The van der Waals surface area contributed by atoms with Gasteiger partial charge in [0.1, 0.15) is 5.75 Å². The van der Waals surface area contributed by atoms with E-state index < -0.39 is 4.92 Å². The summed E-state index contributed by atoms with van der Waals surface area (Å²) in [5.41, 5.74) is 0.559. The molecule has 0 N–H and O–H groups in total. The maximum absolute atomic E-state index is 12.2. The lowest BCUT2D eigenvalue weighted by Crippen LogP contribution is -2.11. The van der Waals surface area contributed by atoms with Crippen molar-refractivity contribution in [3.05, 3.63) is 82.4 Å². The average Bonchev–Trinajstić information content (AvgIpc) is 2.59. The van der Waals surface area contributed by atoms with Crippen LogP contribution in [0.1, 0.15) is 10.4 Å². The van der Waals surface area contributed by atoms with Crippen molar-refractivity contribution >= 4 is 22.2 Å². The van der Waals surface area contributed by atoms with Crippen LogP contribution in [0.25, 0.3) is 10.8 Å². The third kappa shape index (κ3) is 3.35. The first-order valence-corrected chi connectivity index (χ1v) is 7.03. The van der Waals surface area contributed by atoms with Crippen molar-refractivity contribution in [3.63, 3.8) is 0 Å². The Bertz CT molecular complexity index is 872. The fourth-order valence-electron chi connectivity index (χ4n) is 2.26. The molecule has 0 saturated carbocycles. The number of hydrogen-bond acceptors (Lipinski definition) is 4. The molecule has 3 aromatic carbocycles. The maximum Gasteiger partial charge on any atom is 0.269 e. The molecule has 0 atom stereocenters. The zero-order valence-electron chi connectivity index (χ0n) is 12.1. The lowest BCUT2D eigenvalue weighted by Gasteiger charge is -2.06. The van der Waals surface area contributed by atoms with Crippen LogP contribution in [0.3, 0.4) is 0 Å². The van der Waals surface area contributed by atoms with Gasteiger partial charge in [-0.3, -0.25) is 14.9 Å². The van der Waals surface area contributed by atoms with Crippen molar-refractivity contribution in [2.24, 2.45) is 0 Å². The number of carbonyl (C=O) groups excluding carboxylic acids is 1. The maximum atomic E-state index is 12.2. The zero-order valence-corrected chi connectivity index (χ0v) is 12.1. The SMILES string of the molecule is O=C(COc1ccc([N+](=O)[O-])cc1)c1ccc2ccccc2c1. The molecule has 0 unspecified atom stereocenters. The van der Waals surface area contributed by atoms with Crippen LogP contribution in [-0.4, -0.2) is 17.3 Å². The number of rotatable bonds is 5. The predicted octanol–water partition coefficient (Wildman–Crippen LogP) is 4.01. The Morgan fingerprint density at radius 3 is 2.35 bits per heavy atom. The number of nitro benzene ring substituents is 1. The van der Waals surface area contributed by atoms with E-state index in [4.69, 9.17) is 4.74 Å². The number of fused-ring (bicyclic) bond motifs is 1. The van der Waals surface area contributed by atoms with Gasteiger partial charge in [-0.2, -0.15) is 0 Å². The van der Waals surface area contributed by atoms with Crippen molar-refractivity contribution in [1.82, 2.24) is 0 Å². The normalized spacial score (nSPS) is 10.4. The van der Waals surface area contributed by atoms with E-state index in [9.17, 15) is 14.9 Å². The van der Waals surface area contributed by atoms with Gasteiger partial charge < -0.3 is 4.74 Å². The van der Waals surface area contributed by atoms with Gasteiger partial charge in [0, 0.05) is 17.7 Å². The van der Waals surface area contributed by atoms with Gasteiger partial charge >= 0.3 is 0 Å². The number of Topliss-reactive ketones (excluding diaryl/α,β-unsaturated/α-hetero) is 1. The predicted molar refractivity (Wildman–Crippen MR) is 86.9 cm³/mol. The van der Waals surface area contributed by atoms with Crippen molar-refractivity contribution in [3.8, 4) is 5.75 Å². The van der Waals surface area contributed by atoms with Crippen LogP contribution in [0.2, 0.25) is 0 Å². The van der Waals surface area contributed by atoms with E-state index in [0.717, 1.165) is 10.8 Å². The summed E-state index contributed by atoms with van der Waals surface area (Å²) in [6.45, 7) is -0.115. The Balaban J connectivity index is 1.69. The molecule has 23 heavy (non-hydrogen) atoms. The van der Waals surface area contributed by atoms with Crippen LogP contribution in [0.15, 0.2) is 66.7 Å². The molecule has 0 aliphatic carbocycles. The molecule has 0 fully saturated rings. The number of nitrogens with zero attached hydrogens (tertiary/aromatic N) is 1. The number of ketones is 1. The van der Waals surface area contributed by atoms with Crippen molar-refractivity contribution < 1.29 is 14.5 Å². The second-order valence-corrected chi connectivity index (χ2v) is 5.02. The highest BCUT2D eigenvalue weighted by Gasteiger charge is 2.09. The zero-order chi connectivity index (χ0) is 16.2. The fourth-order valence-corrected chi connectivity index (χ4v) is 2.26. The number of carbonyl (C=O) groups is 1. The van der Waals surface area contributed by atoms with E-state index in [0.29, 0.717) is 11.3 Å². The minimum atomic E-state index is -0.482. The summed E-state index contributed by atoms with van der Waals surface area (Å²) < 4.78 is 5.40. The molecule has 0 aliphatic rings.